The quantitative estimate of drug-likeness (QED) is 0.425. The molecule has 9 nitrogen and oxygen atoms in total. The van der Waals surface area contributed by atoms with Gasteiger partial charge in [-0.15, -0.1) is 0 Å². The highest BCUT2D eigenvalue weighted by molar-refractivity contribution is 6.34. The Bertz CT molecular complexity index is 1140. The van der Waals surface area contributed by atoms with Crippen LogP contribution in [0.25, 0.3) is 0 Å². The number of hydrogen-bond donors (Lipinski definition) is 1. The highest BCUT2D eigenvalue weighted by Gasteiger charge is 2.37. The molecule has 36 heavy (non-hydrogen) atoms. The smallest absolute Gasteiger partial charge is 0.266 e. The summed E-state index contributed by atoms with van der Waals surface area (Å²) in [7, 11) is 1.63. The molecule has 2 aromatic rings. The molecule has 2 aliphatic heterocycles. The van der Waals surface area contributed by atoms with Crippen molar-refractivity contribution >= 4 is 29.3 Å². The van der Waals surface area contributed by atoms with Gasteiger partial charge in [0, 0.05) is 44.8 Å². The monoisotopic (exact) mass is 493 g/mol. The third kappa shape index (κ3) is 5.26. The average molecular weight is 494 g/mol. The molecule has 0 aromatic heterocycles. The van der Waals surface area contributed by atoms with Gasteiger partial charge >= 0.3 is 0 Å². The van der Waals surface area contributed by atoms with E-state index in [-0.39, 0.29) is 28.9 Å². The molecule has 0 unspecified atom stereocenters. The molecule has 0 spiro atoms. The number of likely N-dealkylation sites (tertiary alicyclic amines) is 1. The number of nitrogens with one attached hydrogen (secondary N) is 1. The van der Waals surface area contributed by atoms with E-state index < -0.39 is 11.8 Å². The van der Waals surface area contributed by atoms with Crippen molar-refractivity contribution in [3.8, 4) is 5.75 Å². The fourth-order valence-electron chi connectivity index (χ4n) is 4.57. The van der Waals surface area contributed by atoms with Gasteiger partial charge in [-0.25, -0.2) is 4.90 Å². The highest BCUT2D eigenvalue weighted by Crippen LogP contribution is 2.31. The molecule has 2 aliphatic rings. The molecular formula is C27H31N3O6. The Morgan fingerprint density at radius 3 is 2.36 bits per heavy atom. The number of amides is 4. The Hall–Kier alpha value is -3.72. The lowest BCUT2D eigenvalue weighted by Crippen LogP contribution is -2.43. The fraction of sp³-hybridized carbons (Fsp3) is 0.407. The molecule has 1 N–H and O–H groups in total. The van der Waals surface area contributed by atoms with Crippen LogP contribution in [0.1, 0.15) is 57.3 Å². The summed E-state index contributed by atoms with van der Waals surface area (Å²) in [6.07, 6.45) is 1.92. The number of carbonyl (C=O) groups excluding carboxylic acids is 4. The highest BCUT2D eigenvalue weighted by atomic mass is 16.5. The molecule has 0 atom stereocenters. The third-order valence-corrected chi connectivity index (χ3v) is 6.52. The molecule has 4 rings (SSSR count). The first kappa shape index (κ1) is 25.4. The van der Waals surface area contributed by atoms with Gasteiger partial charge < -0.3 is 19.7 Å². The second-order valence-corrected chi connectivity index (χ2v) is 8.84. The number of piperidine rings is 1. The lowest BCUT2D eigenvalue weighted by atomic mass is 9.95. The van der Waals surface area contributed by atoms with Gasteiger partial charge in [0.2, 0.25) is 5.91 Å². The van der Waals surface area contributed by atoms with E-state index in [2.05, 4.69) is 5.32 Å². The van der Waals surface area contributed by atoms with Gasteiger partial charge in [-0.05, 0) is 68.7 Å². The van der Waals surface area contributed by atoms with Crippen molar-refractivity contribution < 1.29 is 28.7 Å². The van der Waals surface area contributed by atoms with E-state index in [1.807, 2.05) is 6.92 Å². The molecule has 2 aromatic carbocycles. The van der Waals surface area contributed by atoms with Crippen LogP contribution in [-0.4, -0.2) is 68.5 Å². The normalized spacial score (nSPS) is 15.7. The number of imide groups is 1. The maximum Gasteiger partial charge on any atom is 0.266 e. The number of nitrogens with zero attached hydrogens (tertiary/aromatic N) is 2. The van der Waals surface area contributed by atoms with Crippen LogP contribution in [0.2, 0.25) is 0 Å². The number of hydrogen-bond acceptors (Lipinski definition) is 6. The van der Waals surface area contributed by atoms with E-state index in [0.717, 1.165) is 11.3 Å². The molecule has 1 saturated heterocycles. The summed E-state index contributed by atoms with van der Waals surface area (Å²) in [5.74, 6) is -0.560. The van der Waals surface area contributed by atoms with Crippen LogP contribution >= 0.6 is 0 Å². The SMILES string of the molecule is CCOc1ccc(N2C(=O)c3ccc(C(=O)N4CCC(C(=O)NCCCOC)CC4)cc3C2=O)cc1. The zero-order valence-corrected chi connectivity index (χ0v) is 20.6. The number of fused-ring (bicyclic) bond motifs is 1. The van der Waals surface area contributed by atoms with Gasteiger partial charge in [0.05, 0.1) is 23.4 Å². The summed E-state index contributed by atoms with van der Waals surface area (Å²) in [5.41, 5.74) is 1.28. The van der Waals surface area contributed by atoms with Gasteiger partial charge in [-0.2, -0.15) is 0 Å². The zero-order valence-electron chi connectivity index (χ0n) is 20.6. The second kappa shape index (κ2) is 11.3. The van der Waals surface area contributed by atoms with Crippen LogP contribution < -0.4 is 15.0 Å². The molecule has 9 heteroatoms. The summed E-state index contributed by atoms with van der Waals surface area (Å²) in [5, 5.41) is 2.92. The number of carbonyl (C=O) groups is 4. The number of anilines is 1. The van der Waals surface area contributed by atoms with Gasteiger partial charge in [0.1, 0.15) is 5.75 Å². The summed E-state index contributed by atoms with van der Waals surface area (Å²) in [6.45, 7) is 4.47. The minimum Gasteiger partial charge on any atom is -0.494 e. The molecule has 0 aliphatic carbocycles. The van der Waals surface area contributed by atoms with Gasteiger partial charge in [0.25, 0.3) is 17.7 Å². The van der Waals surface area contributed by atoms with E-state index in [4.69, 9.17) is 9.47 Å². The molecule has 4 amide bonds. The maximum absolute atomic E-state index is 13.1. The van der Waals surface area contributed by atoms with Crippen molar-refractivity contribution in [1.82, 2.24) is 10.2 Å². The van der Waals surface area contributed by atoms with Crippen LogP contribution in [0.4, 0.5) is 5.69 Å². The predicted molar refractivity (Wildman–Crippen MR) is 133 cm³/mol. The molecule has 0 bridgehead atoms. The van der Waals surface area contributed by atoms with Crippen molar-refractivity contribution in [3.05, 3.63) is 59.2 Å². The van der Waals surface area contributed by atoms with E-state index in [1.54, 1.807) is 42.3 Å². The molecule has 2 heterocycles. The Labute approximate surface area is 210 Å². The van der Waals surface area contributed by atoms with Crippen molar-refractivity contribution in [2.75, 3.05) is 44.9 Å². The van der Waals surface area contributed by atoms with Crippen LogP contribution in [0, 0.1) is 5.92 Å². The van der Waals surface area contributed by atoms with Crippen LogP contribution in [0.15, 0.2) is 42.5 Å². The number of methoxy groups -OCH3 is 1. The second-order valence-electron chi connectivity index (χ2n) is 8.84. The van der Waals surface area contributed by atoms with Crippen molar-refractivity contribution in [2.24, 2.45) is 5.92 Å². The Kier molecular flexibility index (Phi) is 8.00. The van der Waals surface area contributed by atoms with Crippen LogP contribution in [-0.2, 0) is 9.53 Å². The number of benzene rings is 2. The standard InChI is InChI=1S/C27H31N3O6/c1-3-36-21-8-6-20(7-9-21)30-26(33)22-10-5-19(17-23(22)27(30)34)25(32)29-14-11-18(12-15-29)24(31)28-13-4-16-35-2/h5-10,17-18H,3-4,11-16H2,1-2H3,(H,28,31). The van der Waals surface area contributed by atoms with Crippen LogP contribution in [0.3, 0.4) is 0 Å². The van der Waals surface area contributed by atoms with Gasteiger partial charge in [-0.3, -0.25) is 19.2 Å². The van der Waals surface area contributed by atoms with Crippen LogP contribution in [0.5, 0.6) is 5.75 Å². The summed E-state index contributed by atoms with van der Waals surface area (Å²) >= 11 is 0. The van der Waals surface area contributed by atoms with E-state index in [9.17, 15) is 19.2 Å². The fourth-order valence-corrected chi connectivity index (χ4v) is 4.57. The van der Waals surface area contributed by atoms with Crippen molar-refractivity contribution in [1.29, 1.82) is 0 Å². The summed E-state index contributed by atoms with van der Waals surface area (Å²) in [6, 6.07) is 11.4. The first-order valence-electron chi connectivity index (χ1n) is 12.3. The lowest BCUT2D eigenvalue weighted by molar-refractivity contribution is -0.126. The maximum atomic E-state index is 13.1. The largest absolute Gasteiger partial charge is 0.494 e. The van der Waals surface area contributed by atoms with E-state index in [1.165, 1.54) is 12.1 Å². The number of ether oxygens (including phenoxy) is 2. The Morgan fingerprint density at radius 1 is 1.00 bits per heavy atom. The van der Waals surface area contributed by atoms with E-state index in [0.29, 0.717) is 62.7 Å². The summed E-state index contributed by atoms with van der Waals surface area (Å²) in [4.78, 5) is 54.4. The molecule has 0 saturated carbocycles. The first-order valence-corrected chi connectivity index (χ1v) is 12.3. The molecular weight excluding hydrogens is 462 g/mol. The molecule has 0 radical (unpaired) electrons. The third-order valence-electron chi connectivity index (χ3n) is 6.52. The van der Waals surface area contributed by atoms with Crippen molar-refractivity contribution in [3.63, 3.8) is 0 Å². The number of rotatable bonds is 9. The van der Waals surface area contributed by atoms with E-state index >= 15 is 0 Å². The Morgan fingerprint density at radius 2 is 1.69 bits per heavy atom. The topological polar surface area (TPSA) is 105 Å². The molecule has 190 valence electrons. The predicted octanol–water partition coefficient (Wildman–Crippen LogP) is 2.89. The Balaban J connectivity index is 1.40. The minimum absolute atomic E-state index is 0.00854. The zero-order chi connectivity index (χ0) is 25.7. The minimum atomic E-state index is -0.460. The van der Waals surface area contributed by atoms with Gasteiger partial charge in [0.15, 0.2) is 0 Å². The molecule has 1 fully saturated rings. The first-order chi connectivity index (χ1) is 17.4. The summed E-state index contributed by atoms with van der Waals surface area (Å²) < 4.78 is 10.4. The van der Waals surface area contributed by atoms with Gasteiger partial charge in [-0.1, -0.05) is 0 Å². The average Bonchev–Trinajstić information content (AvgIpc) is 3.16. The van der Waals surface area contributed by atoms with Crippen molar-refractivity contribution in [2.45, 2.75) is 26.2 Å². The lowest BCUT2D eigenvalue weighted by Gasteiger charge is -2.31.